The van der Waals surface area contributed by atoms with Gasteiger partial charge in [-0.15, -0.1) is 0 Å². The zero-order valence-corrected chi connectivity index (χ0v) is 25.2. The zero-order chi connectivity index (χ0) is 30.1. The normalized spacial score (nSPS) is 26.1. The minimum atomic E-state index is -1.47. The second-order valence-electron chi connectivity index (χ2n) is 10.5. The van der Waals surface area contributed by atoms with Crippen LogP contribution in [-0.4, -0.2) is 76.4 Å². The molecule has 40 heavy (non-hydrogen) atoms. The molecule has 7 atom stereocenters. The maximum atomic E-state index is 10.5. The summed E-state index contributed by atoms with van der Waals surface area (Å²) >= 11 is 0. The van der Waals surface area contributed by atoms with E-state index >= 15 is 0 Å². The molecule has 0 radical (unpaired) electrons. The van der Waals surface area contributed by atoms with Crippen molar-refractivity contribution in [2.75, 3.05) is 14.2 Å². The third kappa shape index (κ3) is 8.41. The number of aromatic nitrogens is 1. The van der Waals surface area contributed by atoms with E-state index in [1.54, 1.807) is 6.92 Å². The van der Waals surface area contributed by atoms with Crippen LogP contribution in [0.1, 0.15) is 59.2 Å². The van der Waals surface area contributed by atoms with Crippen LogP contribution in [0.2, 0.25) is 0 Å². The highest BCUT2D eigenvalue weighted by molar-refractivity contribution is 5.54. The van der Waals surface area contributed by atoms with Crippen molar-refractivity contribution in [3.63, 3.8) is 0 Å². The van der Waals surface area contributed by atoms with E-state index < -0.39 is 36.8 Å². The molecule has 1 aliphatic heterocycles. The summed E-state index contributed by atoms with van der Waals surface area (Å²) < 4.78 is 22.6. The highest BCUT2D eigenvalue weighted by atomic mass is 16.7. The molecule has 1 aromatic rings. The van der Waals surface area contributed by atoms with E-state index in [0.29, 0.717) is 17.7 Å². The van der Waals surface area contributed by atoms with Gasteiger partial charge in [0.15, 0.2) is 5.75 Å². The van der Waals surface area contributed by atoms with Gasteiger partial charge in [0.25, 0.3) is 5.88 Å². The number of hydrogen-bond acceptors (Lipinski definition) is 9. The highest BCUT2D eigenvalue weighted by Crippen LogP contribution is 2.41. The zero-order valence-electron chi connectivity index (χ0n) is 25.2. The standard InChI is InChI=1S/C31H47NO8/c1-10-19(4)24(33)20(5)16-18(3)13-11-12-17(2)14-15-23-21(6)28(29(37-8)30(32-23)38-9)40-31-27(36)26(35)25(34)22(7)39-31/h10-11,13-14,16,20,22,24-27,31,33-36H,12,15H2,1-9H3/b13-11-,17-14-,18-16-,19-10-/t20-,22-,24+,25+,26+,27+,31+/m1/s1. The quantitative estimate of drug-likeness (QED) is 0.221. The average Bonchev–Trinajstić information content (AvgIpc) is 2.93. The summed E-state index contributed by atoms with van der Waals surface area (Å²) in [6.45, 7) is 13.3. The first-order valence-corrected chi connectivity index (χ1v) is 13.6. The van der Waals surface area contributed by atoms with Crippen molar-refractivity contribution in [2.24, 2.45) is 5.92 Å². The van der Waals surface area contributed by atoms with E-state index in [0.717, 1.165) is 23.1 Å². The maximum Gasteiger partial charge on any atom is 0.261 e. The number of ether oxygens (including phenoxy) is 4. The SMILES string of the molecule is C/C=C(/C)[C@H](O)[C@H](C)/C=C(C)\C=C/C/C(C)=C\Cc1nc(OC)c(OC)c(O[C@@H]2O[C@H](C)[C@H](O)[C@H](O)[C@@H]2O)c1C. The van der Waals surface area contributed by atoms with Crippen LogP contribution in [0, 0.1) is 12.8 Å². The lowest BCUT2D eigenvalue weighted by Crippen LogP contribution is -2.58. The Labute approximate surface area is 238 Å². The minimum Gasteiger partial charge on any atom is -0.489 e. The molecule has 2 heterocycles. The highest BCUT2D eigenvalue weighted by Gasteiger charge is 2.43. The van der Waals surface area contributed by atoms with Crippen molar-refractivity contribution in [2.45, 2.75) is 98.1 Å². The fourth-order valence-electron chi connectivity index (χ4n) is 4.47. The Morgan fingerprint density at radius 3 is 2.33 bits per heavy atom. The summed E-state index contributed by atoms with van der Waals surface area (Å²) in [5.41, 5.74) is 4.54. The number of allylic oxidation sites excluding steroid dienone is 6. The van der Waals surface area contributed by atoms with Crippen LogP contribution < -0.4 is 14.2 Å². The molecule has 224 valence electrons. The predicted molar refractivity (Wildman–Crippen MR) is 155 cm³/mol. The lowest BCUT2D eigenvalue weighted by Gasteiger charge is -2.39. The predicted octanol–water partition coefficient (Wildman–Crippen LogP) is 3.96. The van der Waals surface area contributed by atoms with Crippen LogP contribution >= 0.6 is 0 Å². The van der Waals surface area contributed by atoms with Crippen molar-refractivity contribution in [3.8, 4) is 17.4 Å². The first-order valence-electron chi connectivity index (χ1n) is 13.6. The van der Waals surface area contributed by atoms with Gasteiger partial charge in [-0.25, -0.2) is 4.98 Å². The Morgan fingerprint density at radius 1 is 1.05 bits per heavy atom. The number of methoxy groups -OCH3 is 2. The second kappa shape index (κ2) is 15.3. The van der Waals surface area contributed by atoms with Crippen LogP contribution in [0.4, 0.5) is 0 Å². The summed E-state index contributed by atoms with van der Waals surface area (Å²) in [4.78, 5) is 4.61. The Balaban J connectivity index is 2.20. The molecule has 0 bridgehead atoms. The Bertz CT molecular complexity index is 1110. The summed E-state index contributed by atoms with van der Waals surface area (Å²) in [6, 6.07) is 0. The molecule has 9 heteroatoms. The molecule has 2 rings (SSSR count). The molecule has 0 amide bonds. The Kier molecular flexibility index (Phi) is 12.9. The Morgan fingerprint density at radius 2 is 1.73 bits per heavy atom. The van der Waals surface area contributed by atoms with Gasteiger partial charge in [0.1, 0.15) is 18.3 Å². The lowest BCUT2D eigenvalue weighted by molar-refractivity contribution is -0.268. The molecule has 4 N–H and O–H groups in total. The van der Waals surface area contributed by atoms with Crippen molar-refractivity contribution in [1.29, 1.82) is 0 Å². The van der Waals surface area contributed by atoms with Gasteiger partial charge in [-0.3, -0.25) is 0 Å². The third-order valence-corrected chi connectivity index (χ3v) is 7.26. The van der Waals surface area contributed by atoms with Gasteiger partial charge >= 0.3 is 0 Å². The van der Waals surface area contributed by atoms with Crippen LogP contribution in [0.3, 0.4) is 0 Å². The minimum absolute atomic E-state index is 0.0182. The fourth-order valence-corrected chi connectivity index (χ4v) is 4.47. The first-order chi connectivity index (χ1) is 18.9. The molecule has 0 aliphatic carbocycles. The first kappa shape index (κ1) is 33.5. The fraction of sp³-hybridized carbons (Fsp3) is 0.581. The molecule has 1 saturated heterocycles. The molecule has 0 saturated carbocycles. The van der Waals surface area contributed by atoms with Gasteiger partial charge in [0, 0.05) is 17.9 Å². The monoisotopic (exact) mass is 561 g/mol. The molecular weight excluding hydrogens is 514 g/mol. The molecule has 1 aliphatic rings. The molecule has 0 unspecified atom stereocenters. The number of hydrogen-bond donors (Lipinski definition) is 4. The van der Waals surface area contributed by atoms with Gasteiger partial charge in [-0.2, -0.15) is 0 Å². The van der Waals surface area contributed by atoms with Crippen molar-refractivity contribution < 1.29 is 39.4 Å². The number of nitrogens with zero attached hydrogens (tertiary/aromatic N) is 1. The molecule has 0 aromatic carbocycles. The molecule has 0 spiro atoms. The van der Waals surface area contributed by atoms with Crippen molar-refractivity contribution in [3.05, 3.63) is 58.4 Å². The summed E-state index contributed by atoms with van der Waals surface area (Å²) in [5.74, 6) is 0.751. The number of pyridine rings is 1. The topological polar surface area (TPSA) is 131 Å². The van der Waals surface area contributed by atoms with E-state index in [4.69, 9.17) is 18.9 Å². The van der Waals surface area contributed by atoms with E-state index in [1.165, 1.54) is 14.2 Å². The maximum absolute atomic E-state index is 10.5. The second-order valence-corrected chi connectivity index (χ2v) is 10.5. The lowest BCUT2D eigenvalue weighted by atomic mass is 9.96. The Hall–Kier alpha value is -2.69. The van der Waals surface area contributed by atoms with Gasteiger partial charge in [-0.1, -0.05) is 48.5 Å². The number of aliphatic hydroxyl groups excluding tert-OH is 4. The molecule has 9 nitrogen and oxygen atoms in total. The van der Waals surface area contributed by atoms with Crippen LogP contribution in [-0.2, 0) is 11.2 Å². The van der Waals surface area contributed by atoms with E-state index in [1.807, 2.05) is 47.6 Å². The molecule has 1 aromatic heterocycles. The van der Waals surface area contributed by atoms with E-state index in [-0.39, 0.29) is 23.3 Å². The average molecular weight is 562 g/mol. The van der Waals surface area contributed by atoms with E-state index in [2.05, 4.69) is 29.3 Å². The smallest absolute Gasteiger partial charge is 0.261 e. The number of rotatable bonds is 12. The van der Waals surface area contributed by atoms with Gasteiger partial charge in [-0.05, 0) is 53.5 Å². The van der Waals surface area contributed by atoms with Crippen molar-refractivity contribution in [1.82, 2.24) is 4.98 Å². The van der Waals surface area contributed by atoms with Crippen molar-refractivity contribution >= 4 is 0 Å². The summed E-state index contributed by atoms with van der Waals surface area (Å²) in [5, 5.41) is 41.0. The van der Waals surface area contributed by atoms with Crippen LogP contribution in [0.15, 0.2) is 47.1 Å². The summed E-state index contributed by atoms with van der Waals surface area (Å²) in [6.07, 6.45) is 4.85. The largest absolute Gasteiger partial charge is 0.489 e. The molecule has 1 fully saturated rings. The summed E-state index contributed by atoms with van der Waals surface area (Å²) in [7, 11) is 2.93. The molecular formula is C31H47NO8. The van der Waals surface area contributed by atoms with Crippen LogP contribution in [0.5, 0.6) is 17.4 Å². The van der Waals surface area contributed by atoms with Crippen LogP contribution in [0.25, 0.3) is 0 Å². The van der Waals surface area contributed by atoms with Gasteiger partial charge < -0.3 is 39.4 Å². The van der Waals surface area contributed by atoms with Gasteiger partial charge in [0.05, 0.1) is 32.1 Å². The third-order valence-electron chi connectivity index (χ3n) is 7.26. The van der Waals surface area contributed by atoms with E-state index in [9.17, 15) is 20.4 Å². The van der Waals surface area contributed by atoms with Gasteiger partial charge in [0.2, 0.25) is 12.0 Å². The number of aliphatic hydroxyl groups is 4.